The van der Waals surface area contributed by atoms with E-state index in [4.69, 9.17) is 23.7 Å². The topological polar surface area (TPSA) is 92.3 Å². The molecule has 0 aromatic heterocycles. The molecule has 0 unspecified atom stereocenters. The first-order valence-corrected chi connectivity index (χ1v) is 11.6. The van der Waals surface area contributed by atoms with E-state index in [1.807, 2.05) is 60.7 Å². The molecule has 5 atom stereocenters. The van der Waals surface area contributed by atoms with Crippen molar-refractivity contribution >= 4 is 11.9 Å². The Morgan fingerprint density at radius 3 is 2.14 bits per heavy atom. The van der Waals surface area contributed by atoms with Gasteiger partial charge in [0.25, 0.3) is 0 Å². The highest BCUT2D eigenvalue weighted by atomic mass is 16.7. The maximum Gasteiger partial charge on any atom is 0.303 e. The number of hydrogen-bond donors (Lipinski definition) is 1. The first-order valence-electron chi connectivity index (χ1n) is 11.6. The first kappa shape index (κ1) is 26.6. The lowest BCUT2D eigenvalue weighted by Crippen LogP contribution is -2.66. The Labute approximate surface area is 206 Å². The summed E-state index contributed by atoms with van der Waals surface area (Å²) in [6, 6.07) is 18.6. The summed E-state index contributed by atoms with van der Waals surface area (Å²) in [5.41, 5.74) is 1.94. The molecule has 1 fully saturated rings. The molecule has 188 valence electrons. The highest BCUT2D eigenvalue weighted by Gasteiger charge is 2.49. The number of benzene rings is 2. The quantitative estimate of drug-likeness (QED) is 0.366. The monoisotopic (exact) mass is 483 g/mol. The Balaban J connectivity index is 1.82. The summed E-state index contributed by atoms with van der Waals surface area (Å²) in [6.07, 6.45) is -1.56. The van der Waals surface area contributed by atoms with Crippen LogP contribution >= 0.6 is 0 Å². The maximum absolute atomic E-state index is 12.1. The molecular formula is C27H33NO7. The number of carbonyl (C=O) groups is 2. The fraction of sp³-hybridized carbons (Fsp3) is 0.407. The zero-order chi connectivity index (χ0) is 25.0. The normalized spacial score (nSPS) is 23.9. The van der Waals surface area contributed by atoms with E-state index in [0.717, 1.165) is 11.1 Å². The minimum atomic E-state index is -0.869. The van der Waals surface area contributed by atoms with Crippen molar-refractivity contribution < 1.29 is 33.3 Å². The molecule has 1 aliphatic heterocycles. The van der Waals surface area contributed by atoms with Gasteiger partial charge in [0.15, 0.2) is 12.4 Å². The van der Waals surface area contributed by atoms with Crippen molar-refractivity contribution in [2.45, 2.75) is 57.7 Å². The molecule has 8 heteroatoms. The van der Waals surface area contributed by atoms with Crippen LogP contribution in [0.15, 0.2) is 73.3 Å². The average molecular weight is 484 g/mol. The first-order chi connectivity index (χ1) is 17.0. The lowest BCUT2D eigenvalue weighted by molar-refractivity contribution is -0.284. The van der Waals surface area contributed by atoms with Crippen LogP contribution in [0.3, 0.4) is 0 Å². The highest BCUT2D eigenvalue weighted by Crippen LogP contribution is 2.28. The van der Waals surface area contributed by atoms with E-state index in [1.165, 1.54) is 13.8 Å². The number of esters is 1. The molecule has 0 saturated carbocycles. The molecule has 8 nitrogen and oxygen atoms in total. The number of amides is 1. The minimum Gasteiger partial charge on any atom is -0.457 e. The van der Waals surface area contributed by atoms with E-state index in [1.54, 1.807) is 6.08 Å². The molecule has 35 heavy (non-hydrogen) atoms. The standard InChI is InChI=1S/C27H33NO7/c1-4-15-32-26-24(28-19(2)29)27(33-17-22-13-9-6-10-14-22)35-23(25(26)34-20(3)30)18-31-16-21-11-7-5-8-12-21/h4-14,23-27H,1,15-18H2,2-3H3,(H,28,29)/t23-,24-,25+,26-,27+/m1/s1. The third-order valence-corrected chi connectivity index (χ3v) is 5.38. The summed E-state index contributed by atoms with van der Waals surface area (Å²) in [6.45, 7) is 7.34. The van der Waals surface area contributed by atoms with E-state index in [-0.39, 0.29) is 25.7 Å². The molecule has 2 aromatic carbocycles. The SMILES string of the molecule is C=CCO[C@@H]1[C@@H](NC(C)=O)[C@@H](OCc2ccccc2)O[C@H](COCc2ccccc2)[C@@H]1OC(C)=O. The molecular weight excluding hydrogens is 450 g/mol. The lowest BCUT2D eigenvalue weighted by atomic mass is 9.96. The summed E-state index contributed by atoms with van der Waals surface area (Å²) >= 11 is 0. The van der Waals surface area contributed by atoms with E-state index in [9.17, 15) is 9.59 Å². The molecule has 3 rings (SSSR count). The summed E-state index contributed by atoms with van der Waals surface area (Å²) < 4.78 is 29.9. The van der Waals surface area contributed by atoms with Crippen molar-refractivity contribution in [2.24, 2.45) is 0 Å². The van der Waals surface area contributed by atoms with Gasteiger partial charge in [-0.15, -0.1) is 6.58 Å². The van der Waals surface area contributed by atoms with Crippen molar-refractivity contribution in [2.75, 3.05) is 13.2 Å². The van der Waals surface area contributed by atoms with Crippen LogP contribution in [0.25, 0.3) is 0 Å². The van der Waals surface area contributed by atoms with Crippen LogP contribution < -0.4 is 5.32 Å². The van der Waals surface area contributed by atoms with Crippen molar-refractivity contribution in [1.82, 2.24) is 5.32 Å². The predicted octanol–water partition coefficient (Wildman–Crippen LogP) is 3.15. The fourth-order valence-corrected chi connectivity index (χ4v) is 3.90. The Morgan fingerprint density at radius 1 is 0.943 bits per heavy atom. The lowest BCUT2D eigenvalue weighted by Gasteiger charge is -2.45. The van der Waals surface area contributed by atoms with Gasteiger partial charge < -0.3 is 29.0 Å². The predicted molar refractivity (Wildman–Crippen MR) is 129 cm³/mol. The van der Waals surface area contributed by atoms with E-state index in [2.05, 4.69) is 11.9 Å². The highest BCUT2D eigenvalue weighted by molar-refractivity contribution is 5.73. The van der Waals surface area contributed by atoms with E-state index < -0.39 is 36.6 Å². The largest absolute Gasteiger partial charge is 0.457 e. The van der Waals surface area contributed by atoms with Gasteiger partial charge in [-0.3, -0.25) is 9.59 Å². The van der Waals surface area contributed by atoms with Gasteiger partial charge >= 0.3 is 5.97 Å². The fourth-order valence-electron chi connectivity index (χ4n) is 3.90. The van der Waals surface area contributed by atoms with Crippen LogP contribution in [0.2, 0.25) is 0 Å². The number of carbonyl (C=O) groups excluding carboxylic acids is 2. The Kier molecular flexibility index (Phi) is 10.4. The van der Waals surface area contributed by atoms with Gasteiger partial charge in [-0.1, -0.05) is 66.7 Å². The Morgan fingerprint density at radius 2 is 1.57 bits per heavy atom. The molecule has 1 amide bonds. The Hall–Kier alpha value is -3.04. The zero-order valence-electron chi connectivity index (χ0n) is 20.1. The maximum atomic E-state index is 12.1. The van der Waals surface area contributed by atoms with Crippen LogP contribution in [0.5, 0.6) is 0 Å². The summed E-state index contributed by atoms with van der Waals surface area (Å²) in [4.78, 5) is 24.0. The van der Waals surface area contributed by atoms with Crippen molar-refractivity contribution in [3.05, 3.63) is 84.4 Å². The molecule has 1 saturated heterocycles. The number of ether oxygens (including phenoxy) is 5. The minimum absolute atomic E-state index is 0.124. The Bertz CT molecular complexity index is 937. The van der Waals surface area contributed by atoms with Crippen LogP contribution in [-0.2, 0) is 46.5 Å². The van der Waals surface area contributed by atoms with Gasteiger partial charge in [-0.2, -0.15) is 0 Å². The molecule has 0 spiro atoms. The van der Waals surface area contributed by atoms with Crippen molar-refractivity contribution in [3.63, 3.8) is 0 Å². The van der Waals surface area contributed by atoms with Crippen LogP contribution in [0.4, 0.5) is 0 Å². The van der Waals surface area contributed by atoms with Gasteiger partial charge in [0.05, 0.1) is 26.4 Å². The summed E-state index contributed by atoms with van der Waals surface area (Å²) in [7, 11) is 0. The smallest absolute Gasteiger partial charge is 0.303 e. The third-order valence-electron chi connectivity index (χ3n) is 5.38. The molecule has 1 heterocycles. The van der Waals surface area contributed by atoms with Gasteiger partial charge in [-0.25, -0.2) is 0 Å². The van der Waals surface area contributed by atoms with Crippen molar-refractivity contribution in [1.29, 1.82) is 0 Å². The second-order valence-electron chi connectivity index (χ2n) is 8.23. The number of hydrogen-bond acceptors (Lipinski definition) is 7. The molecule has 1 N–H and O–H groups in total. The summed E-state index contributed by atoms with van der Waals surface area (Å²) in [5.74, 6) is -0.788. The number of rotatable bonds is 12. The van der Waals surface area contributed by atoms with Crippen molar-refractivity contribution in [3.8, 4) is 0 Å². The van der Waals surface area contributed by atoms with Crippen LogP contribution in [0.1, 0.15) is 25.0 Å². The second kappa shape index (κ2) is 13.7. The van der Waals surface area contributed by atoms with Gasteiger partial charge in [0.2, 0.25) is 5.91 Å². The average Bonchev–Trinajstić information content (AvgIpc) is 2.84. The molecule has 1 aliphatic rings. The third kappa shape index (κ3) is 8.29. The summed E-state index contributed by atoms with van der Waals surface area (Å²) in [5, 5.41) is 2.85. The molecule has 2 aromatic rings. The zero-order valence-corrected chi connectivity index (χ0v) is 20.1. The molecule has 0 aliphatic carbocycles. The van der Waals surface area contributed by atoms with Gasteiger partial charge in [-0.05, 0) is 11.1 Å². The number of nitrogens with one attached hydrogen (secondary N) is 1. The molecule has 0 bridgehead atoms. The van der Waals surface area contributed by atoms with E-state index >= 15 is 0 Å². The van der Waals surface area contributed by atoms with Crippen LogP contribution in [-0.4, -0.2) is 55.7 Å². The van der Waals surface area contributed by atoms with Gasteiger partial charge in [0, 0.05) is 13.8 Å². The van der Waals surface area contributed by atoms with Gasteiger partial charge in [0.1, 0.15) is 18.2 Å². The molecule has 0 radical (unpaired) electrons. The second-order valence-corrected chi connectivity index (χ2v) is 8.23. The van der Waals surface area contributed by atoms with E-state index in [0.29, 0.717) is 6.61 Å². The van der Waals surface area contributed by atoms with Crippen LogP contribution in [0, 0.1) is 0 Å².